The molecule has 0 aliphatic rings. The van der Waals surface area contributed by atoms with Crippen LogP contribution >= 0.6 is 0 Å². The SMILES string of the molecule is CC(C(=O)c1cnccn1)c1ccccc1. The average molecular weight is 212 g/mol. The van der Waals surface area contributed by atoms with Crippen molar-refractivity contribution in [3.63, 3.8) is 0 Å². The second-order valence-electron chi connectivity index (χ2n) is 3.59. The molecule has 3 heteroatoms. The molecule has 0 aliphatic heterocycles. The van der Waals surface area contributed by atoms with Gasteiger partial charge in [-0.3, -0.25) is 9.78 Å². The van der Waals surface area contributed by atoms with E-state index < -0.39 is 0 Å². The molecule has 0 spiro atoms. The molecule has 0 amide bonds. The van der Waals surface area contributed by atoms with Gasteiger partial charge in [-0.25, -0.2) is 4.98 Å². The fraction of sp³-hybridized carbons (Fsp3) is 0.154. The van der Waals surface area contributed by atoms with E-state index in [0.29, 0.717) is 5.69 Å². The Hall–Kier alpha value is -2.03. The molecule has 80 valence electrons. The second kappa shape index (κ2) is 4.66. The molecule has 0 fully saturated rings. The average Bonchev–Trinajstić information content (AvgIpc) is 2.39. The third-order valence-corrected chi connectivity index (χ3v) is 2.51. The number of carbonyl (C=O) groups is 1. The lowest BCUT2D eigenvalue weighted by Gasteiger charge is -2.09. The summed E-state index contributed by atoms with van der Waals surface area (Å²) in [5.41, 5.74) is 1.41. The smallest absolute Gasteiger partial charge is 0.189 e. The number of hydrogen-bond acceptors (Lipinski definition) is 3. The Kier molecular flexibility index (Phi) is 3.05. The van der Waals surface area contributed by atoms with E-state index in [0.717, 1.165) is 5.56 Å². The summed E-state index contributed by atoms with van der Waals surface area (Å²) in [5.74, 6) is -0.183. The largest absolute Gasteiger partial charge is 0.292 e. The van der Waals surface area contributed by atoms with Gasteiger partial charge in [-0.15, -0.1) is 0 Å². The van der Waals surface area contributed by atoms with Crippen molar-refractivity contribution in [2.24, 2.45) is 0 Å². The van der Waals surface area contributed by atoms with Gasteiger partial charge in [0.05, 0.1) is 6.20 Å². The number of rotatable bonds is 3. The zero-order valence-electron chi connectivity index (χ0n) is 9.00. The molecule has 0 N–H and O–H groups in total. The molecule has 2 aromatic rings. The molecule has 1 heterocycles. The van der Waals surface area contributed by atoms with Crippen molar-refractivity contribution >= 4 is 5.78 Å². The molecule has 2 rings (SSSR count). The van der Waals surface area contributed by atoms with Crippen LogP contribution in [-0.4, -0.2) is 15.8 Å². The molecule has 0 saturated heterocycles. The molecular formula is C13H12N2O. The minimum absolute atomic E-state index is 0.000648. The van der Waals surface area contributed by atoms with Gasteiger partial charge >= 0.3 is 0 Å². The third kappa shape index (κ3) is 2.14. The van der Waals surface area contributed by atoms with Gasteiger partial charge in [0.2, 0.25) is 0 Å². The Morgan fingerprint density at radius 1 is 1.19 bits per heavy atom. The van der Waals surface area contributed by atoms with Crippen LogP contribution in [0.4, 0.5) is 0 Å². The van der Waals surface area contributed by atoms with Gasteiger partial charge in [-0.2, -0.15) is 0 Å². The minimum atomic E-state index is -0.183. The highest BCUT2D eigenvalue weighted by Crippen LogP contribution is 2.18. The predicted octanol–water partition coefficient (Wildman–Crippen LogP) is 2.46. The predicted molar refractivity (Wildman–Crippen MR) is 61.2 cm³/mol. The van der Waals surface area contributed by atoms with Crippen LogP contribution in [0.5, 0.6) is 0 Å². The van der Waals surface area contributed by atoms with Gasteiger partial charge in [0.15, 0.2) is 5.78 Å². The van der Waals surface area contributed by atoms with Crippen LogP contribution < -0.4 is 0 Å². The zero-order chi connectivity index (χ0) is 11.4. The molecule has 16 heavy (non-hydrogen) atoms. The number of aromatic nitrogens is 2. The van der Waals surface area contributed by atoms with Crippen LogP contribution in [-0.2, 0) is 0 Å². The monoisotopic (exact) mass is 212 g/mol. The molecule has 1 aromatic heterocycles. The van der Waals surface area contributed by atoms with Crippen LogP contribution in [0.25, 0.3) is 0 Å². The van der Waals surface area contributed by atoms with E-state index in [9.17, 15) is 4.79 Å². The Morgan fingerprint density at radius 3 is 2.56 bits per heavy atom. The van der Waals surface area contributed by atoms with Crippen LogP contribution in [0.2, 0.25) is 0 Å². The second-order valence-corrected chi connectivity index (χ2v) is 3.59. The van der Waals surface area contributed by atoms with Crippen LogP contribution in [0, 0.1) is 0 Å². The Bertz CT molecular complexity index is 468. The Labute approximate surface area is 94.2 Å². The third-order valence-electron chi connectivity index (χ3n) is 2.51. The van der Waals surface area contributed by atoms with Crippen LogP contribution in [0.3, 0.4) is 0 Å². The first-order chi connectivity index (χ1) is 7.79. The van der Waals surface area contributed by atoms with Crippen LogP contribution in [0.15, 0.2) is 48.9 Å². The number of carbonyl (C=O) groups excluding carboxylic acids is 1. The normalized spacial score (nSPS) is 12.1. The van der Waals surface area contributed by atoms with E-state index >= 15 is 0 Å². The molecule has 0 aliphatic carbocycles. The summed E-state index contributed by atoms with van der Waals surface area (Å²) in [5, 5.41) is 0. The number of hydrogen-bond donors (Lipinski definition) is 0. The van der Waals surface area contributed by atoms with Crippen molar-refractivity contribution in [3.8, 4) is 0 Å². The van der Waals surface area contributed by atoms with E-state index in [4.69, 9.17) is 0 Å². The standard InChI is InChI=1S/C13H12N2O/c1-10(11-5-3-2-4-6-11)13(16)12-9-14-7-8-15-12/h2-10H,1H3. The lowest BCUT2D eigenvalue weighted by Crippen LogP contribution is -2.11. The maximum absolute atomic E-state index is 12.0. The van der Waals surface area contributed by atoms with Crippen LogP contribution in [0.1, 0.15) is 28.9 Å². The Morgan fingerprint density at radius 2 is 1.94 bits per heavy atom. The first-order valence-electron chi connectivity index (χ1n) is 5.14. The summed E-state index contributed by atoms with van der Waals surface area (Å²) in [4.78, 5) is 20.0. The van der Waals surface area contributed by atoms with Gasteiger partial charge < -0.3 is 0 Å². The van der Waals surface area contributed by atoms with Gasteiger partial charge in [0.1, 0.15) is 5.69 Å². The minimum Gasteiger partial charge on any atom is -0.292 e. The first-order valence-corrected chi connectivity index (χ1v) is 5.14. The fourth-order valence-electron chi connectivity index (χ4n) is 1.54. The lowest BCUT2D eigenvalue weighted by atomic mass is 9.95. The van der Waals surface area contributed by atoms with Crippen molar-refractivity contribution in [1.82, 2.24) is 9.97 Å². The summed E-state index contributed by atoms with van der Waals surface area (Å²) in [7, 11) is 0. The molecule has 1 atom stereocenters. The van der Waals surface area contributed by atoms with Crippen molar-refractivity contribution in [1.29, 1.82) is 0 Å². The van der Waals surface area contributed by atoms with Gasteiger partial charge in [0.25, 0.3) is 0 Å². The summed E-state index contributed by atoms with van der Waals surface area (Å²) in [6, 6.07) is 9.67. The quantitative estimate of drug-likeness (QED) is 0.734. The highest BCUT2D eigenvalue weighted by atomic mass is 16.1. The molecular weight excluding hydrogens is 200 g/mol. The maximum Gasteiger partial charge on any atom is 0.189 e. The molecule has 1 unspecified atom stereocenters. The number of nitrogens with zero attached hydrogens (tertiary/aromatic N) is 2. The van der Waals surface area contributed by atoms with E-state index in [-0.39, 0.29) is 11.7 Å². The molecule has 0 saturated carbocycles. The maximum atomic E-state index is 12.0. The summed E-state index contributed by atoms with van der Waals surface area (Å²) >= 11 is 0. The summed E-state index contributed by atoms with van der Waals surface area (Å²) < 4.78 is 0. The zero-order valence-corrected chi connectivity index (χ0v) is 9.00. The van der Waals surface area contributed by atoms with Gasteiger partial charge in [-0.1, -0.05) is 37.3 Å². The fourth-order valence-corrected chi connectivity index (χ4v) is 1.54. The highest BCUT2D eigenvalue weighted by molar-refractivity contribution is 5.98. The van der Waals surface area contributed by atoms with E-state index in [1.807, 2.05) is 37.3 Å². The molecule has 3 nitrogen and oxygen atoms in total. The first kappa shape index (κ1) is 10.5. The van der Waals surface area contributed by atoms with Crippen molar-refractivity contribution < 1.29 is 4.79 Å². The summed E-state index contributed by atoms with van der Waals surface area (Å²) in [6.07, 6.45) is 4.59. The molecule has 1 aromatic carbocycles. The van der Waals surface area contributed by atoms with Gasteiger partial charge in [0, 0.05) is 18.3 Å². The van der Waals surface area contributed by atoms with Crippen molar-refractivity contribution in [2.45, 2.75) is 12.8 Å². The van der Waals surface area contributed by atoms with Gasteiger partial charge in [-0.05, 0) is 5.56 Å². The topological polar surface area (TPSA) is 42.9 Å². The Balaban J connectivity index is 2.24. The van der Waals surface area contributed by atoms with E-state index in [2.05, 4.69) is 9.97 Å². The molecule has 0 bridgehead atoms. The van der Waals surface area contributed by atoms with Crippen molar-refractivity contribution in [2.75, 3.05) is 0 Å². The van der Waals surface area contributed by atoms with E-state index in [1.54, 1.807) is 6.20 Å². The van der Waals surface area contributed by atoms with Crippen molar-refractivity contribution in [3.05, 3.63) is 60.2 Å². The lowest BCUT2D eigenvalue weighted by molar-refractivity contribution is 0.0961. The summed E-state index contributed by atoms with van der Waals surface area (Å²) in [6.45, 7) is 1.88. The highest BCUT2D eigenvalue weighted by Gasteiger charge is 2.17. The number of ketones is 1. The number of Topliss-reactive ketones (excluding diaryl/α,β-unsaturated/α-hetero) is 1. The van der Waals surface area contributed by atoms with E-state index in [1.165, 1.54) is 12.4 Å². The number of benzene rings is 1. The molecule has 0 radical (unpaired) electrons.